The van der Waals surface area contributed by atoms with Gasteiger partial charge in [0.05, 0.1) is 13.7 Å². The molecular formula is C17H30O3. The van der Waals surface area contributed by atoms with Crippen molar-refractivity contribution in [3.8, 4) is 0 Å². The molecule has 0 aliphatic heterocycles. The number of hydrogen-bond donors (Lipinski definition) is 1. The molecule has 0 aromatic heterocycles. The molecule has 20 heavy (non-hydrogen) atoms. The molecule has 116 valence electrons. The summed E-state index contributed by atoms with van der Waals surface area (Å²) in [5.74, 6) is 1.06. The molecule has 0 aromatic rings. The molecule has 0 radical (unpaired) electrons. The third kappa shape index (κ3) is 6.58. The summed E-state index contributed by atoms with van der Waals surface area (Å²) in [6.07, 6.45) is 10.6. The molecule has 0 saturated carbocycles. The lowest BCUT2D eigenvalue weighted by atomic mass is 9.97. The Hall–Kier alpha value is -0.800. The maximum absolute atomic E-state index is 10.2. The van der Waals surface area contributed by atoms with Crippen LogP contribution in [0.2, 0.25) is 0 Å². The second-order valence-electron chi connectivity index (χ2n) is 6.26. The molecule has 0 bridgehead atoms. The quantitative estimate of drug-likeness (QED) is 0.649. The van der Waals surface area contributed by atoms with Crippen molar-refractivity contribution in [2.75, 3.05) is 13.7 Å². The average molecular weight is 282 g/mol. The van der Waals surface area contributed by atoms with Crippen molar-refractivity contribution in [3.63, 3.8) is 0 Å². The van der Waals surface area contributed by atoms with Gasteiger partial charge in [0.2, 0.25) is 0 Å². The van der Waals surface area contributed by atoms with Gasteiger partial charge in [-0.2, -0.15) is 0 Å². The molecule has 0 saturated heterocycles. The Labute approximate surface area is 123 Å². The van der Waals surface area contributed by atoms with Gasteiger partial charge in [0.1, 0.15) is 5.76 Å². The van der Waals surface area contributed by atoms with E-state index in [-0.39, 0.29) is 0 Å². The fourth-order valence-corrected chi connectivity index (χ4v) is 2.31. The SMILES string of the molecule is COC1=CCC(O)(OCCC(C)CCCC(C)C)C=C1. The van der Waals surface area contributed by atoms with E-state index < -0.39 is 5.79 Å². The zero-order valence-corrected chi connectivity index (χ0v) is 13.4. The number of methoxy groups -OCH3 is 1. The van der Waals surface area contributed by atoms with Crippen LogP contribution in [0.25, 0.3) is 0 Å². The van der Waals surface area contributed by atoms with E-state index in [4.69, 9.17) is 9.47 Å². The minimum atomic E-state index is -1.15. The van der Waals surface area contributed by atoms with Crippen LogP contribution < -0.4 is 0 Å². The van der Waals surface area contributed by atoms with Crippen LogP contribution in [0.1, 0.15) is 52.9 Å². The Bertz CT molecular complexity index is 333. The summed E-state index contributed by atoms with van der Waals surface area (Å²) >= 11 is 0. The molecule has 3 heteroatoms. The van der Waals surface area contributed by atoms with E-state index in [1.165, 1.54) is 19.3 Å². The first-order valence-corrected chi connectivity index (χ1v) is 7.75. The molecule has 3 nitrogen and oxygen atoms in total. The third-order valence-electron chi connectivity index (χ3n) is 3.78. The predicted octanol–water partition coefficient (Wildman–Crippen LogP) is 4.03. The van der Waals surface area contributed by atoms with Crippen molar-refractivity contribution < 1.29 is 14.6 Å². The normalized spacial score (nSPS) is 23.8. The number of allylic oxidation sites excluding steroid dienone is 1. The van der Waals surface area contributed by atoms with Crippen LogP contribution in [0, 0.1) is 11.8 Å². The van der Waals surface area contributed by atoms with E-state index >= 15 is 0 Å². The van der Waals surface area contributed by atoms with Gasteiger partial charge < -0.3 is 14.6 Å². The zero-order valence-electron chi connectivity index (χ0n) is 13.4. The molecule has 2 unspecified atom stereocenters. The van der Waals surface area contributed by atoms with Gasteiger partial charge in [0, 0.05) is 6.42 Å². The van der Waals surface area contributed by atoms with Crippen molar-refractivity contribution in [1.82, 2.24) is 0 Å². The van der Waals surface area contributed by atoms with E-state index in [9.17, 15) is 5.11 Å². The van der Waals surface area contributed by atoms with Gasteiger partial charge in [-0.05, 0) is 36.5 Å². The van der Waals surface area contributed by atoms with Gasteiger partial charge in [-0.3, -0.25) is 0 Å². The Morgan fingerprint density at radius 3 is 2.55 bits per heavy atom. The number of rotatable bonds is 9. The topological polar surface area (TPSA) is 38.7 Å². The predicted molar refractivity (Wildman–Crippen MR) is 82.2 cm³/mol. The lowest BCUT2D eigenvalue weighted by molar-refractivity contribution is -0.167. The Kier molecular flexibility index (Phi) is 7.31. The molecule has 0 heterocycles. The van der Waals surface area contributed by atoms with E-state index in [2.05, 4.69) is 20.8 Å². The molecule has 1 aliphatic rings. The fraction of sp³-hybridized carbons (Fsp3) is 0.765. The van der Waals surface area contributed by atoms with Crippen LogP contribution >= 0.6 is 0 Å². The van der Waals surface area contributed by atoms with Gasteiger partial charge in [-0.15, -0.1) is 0 Å². The summed E-state index contributed by atoms with van der Waals surface area (Å²) in [6.45, 7) is 7.38. The molecule has 0 spiro atoms. The molecular weight excluding hydrogens is 252 g/mol. The maximum atomic E-state index is 10.2. The average Bonchev–Trinajstić information content (AvgIpc) is 2.39. The highest BCUT2D eigenvalue weighted by Gasteiger charge is 2.26. The second-order valence-corrected chi connectivity index (χ2v) is 6.26. The Morgan fingerprint density at radius 2 is 2.00 bits per heavy atom. The van der Waals surface area contributed by atoms with Crippen molar-refractivity contribution in [3.05, 3.63) is 24.0 Å². The van der Waals surface area contributed by atoms with E-state index in [0.29, 0.717) is 18.9 Å². The highest BCUT2D eigenvalue weighted by Crippen LogP contribution is 2.24. The van der Waals surface area contributed by atoms with Crippen LogP contribution in [0.4, 0.5) is 0 Å². The minimum Gasteiger partial charge on any atom is -0.497 e. The summed E-state index contributed by atoms with van der Waals surface area (Å²) < 4.78 is 10.7. The lowest BCUT2D eigenvalue weighted by Crippen LogP contribution is -2.31. The molecule has 0 fully saturated rings. The first-order chi connectivity index (χ1) is 9.45. The Balaban J connectivity index is 2.17. The highest BCUT2D eigenvalue weighted by atomic mass is 16.6. The van der Waals surface area contributed by atoms with Crippen LogP contribution in [-0.2, 0) is 9.47 Å². The largest absolute Gasteiger partial charge is 0.497 e. The van der Waals surface area contributed by atoms with Crippen molar-refractivity contribution in [2.45, 2.75) is 58.7 Å². The minimum absolute atomic E-state index is 0.453. The highest BCUT2D eigenvalue weighted by molar-refractivity contribution is 5.21. The maximum Gasteiger partial charge on any atom is 0.189 e. The second kappa shape index (κ2) is 8.48. The summed E-state index contributed by atoms with van der Waals surface area (Å²) in [4.78, 5) is 0. The third-order valence-corrected chi connectivity index (χ3v) is 3.78. The molecule has 1 N–H and O–H groups in total. The fourth-order valence-electron chi connectivity index (χ4n) is 2.31. The zero-order chi connectivity index (χ0) is 15.0. The van der Waals surface area contributed by atoms with E-state index in [0.717, 1.165) is 18.1 Å². The summed E-state index contributed by atoms with van der Waals surface area (Å²) in [5, 5.41) is 10.2. The summed E-state index contributed by atoms with van der Waals surface area (Å²) in [7, 11) is 1.63. The molecule has 0 aromatic carbocycles. The molecule has 1 rings (SSSR count). The Morgan fingerprint density at radius 1 is 1.25 bits per heavy atom. The summed E-state index contributed by atoms with van der Waals surface area (Å²) in [5.41, 5.74) is 0. The number of hydrogen-bond acceptors (Lipinski definition) is 3. The summed E-state index contributed by atoms with van der Waals surface area (Å²) in [6, 6.07) is 0. The molecule has 0 amide bonds. The lowest BCUT2D eigenvalue weighted by Gasteiger charge is -2.27. The molecule has 2 atom stereocenters. The van der Waals surface area contributed by atoms with Gasteiger partial charge in [-0.1, -0.05) is 40.0 Å². The van der Waals surface area contributed by atoms with Crippen LogP contribution in [0.5, 0.6) is 0 Å². The van der Waals surface area contributed by atoms with Crippen molar-refractivity contribution in [1.29, 1.82) is 0 Å². The molecule has 1 aliphatic carbocycles. The monoisotopic (exact) mass is 282 g/mol. The smallest absolute Gasteiger partial charge is 0.189 e. The van der Waals surface area contributed by atoms with E-state index in [1.807, 2.05) is 6.08 Å². The standard InChI is InChI=1S/C17H30O3/c1-14(2)6-5-7-15(3)10-13-20-17(18)11-8-16(19-4)9-12-17/h8-9,11,14-15,18H,5-7,10,12-13H2,1-4H3. The van der Waals surface area contributed by atoms with Crippen LogP contribution in [0.15, 0.2) is 24.0 Å². The van der Waals surface area contributed by atoms with E-state index in [1.54, 1.807) is 19.3 Å². The number of aliphatic hydroxyl groups is 1. The van der Waals surface area contributed by atoms with Gasteiger partial charge in [-0.25, -0.2) is 0 Å². The van der Waals surface area contributed by atoms with Crippen LogP contribution in [-0.4, -0.2) is 24.6 Å². The number of ether oxygens (including phenoxy) is 2. The van der Waals surface area contributed by atoms with Crippen molar-refractivity contribution in [2.24, 2.45) is 11.8 Å². The van der Waals surface area contributed by atoms with Gasteiger partial charge in [0.15, 0.2) is 5.79 Å². The first-order valence-electron chi connectivity index (χ1n) is 7.75. The van der Waals surface area contributed by atoms with Crippen LogP contribution in [0.3, 0.4) is 0 Å². The van der Waals surface area contributed by atoms with Gasteiger partial charge >= 0.3 is 0 Å². The van der Waals surface area contributed by atoms with Crippen molar-refractivity contribution >= 4 is 0 Å². The first kappa shape index (κ1) is 17.3. The van der Waals surface area contributed by atoms with Gasteiger partial charge in [0.25, 0.3) is 0 Å².